The minimum absolute atomic E-state index is 0.182. The normalized spacial score (nSPS) is 15.7. The molecule has 1 heterocycles. The molecule has 1 N–H and O–H groups in total. The molecule has 0 amide bonds. The van der Waals surface area contributed by atoms with Gasteiger partial charge in [0.2, 0.25) is 0 Å². The fourth-order valence-corrected chi connectivity index (χ4v) is 3.14. The Kier molecular flexibility index (Phi) is 6.55. The van der Waals surface area contributed by atoms with Crippen LogP contribution in [0.5, 0.6) is 0 Å². The smallest absolute Gasteiger partial charge is 0.326 e. The minimum atomic E-state index is -0.682. The molecular formula is C14H24N2O3S. The molecule has 2 atom stereocenters. The molecule has 0 aliphatic rings. The molecule has 6 heteroatoms. The topological polar surface area (TPSA) is 64.4 Å². The molecule has 1 aromatic rings. The minimum Gasteiger partial charge on any atom is -0.465 e. The Balaban J connectivity index is 2.66. The maximum absolute atomic E-state index is 12.1. The molecule has 5 nitrogen and oxygen atoms in total. The van der Waals surface area contributed by atoms with Crippen LogP contribution in [0, 0.1) is 6.92 Å². The molecule has 0 fully saturated rings. The molecule has 0 aliphatic carbocycles. The second-order valence-electron chi connectivity index (χ2n) is 4.97. The van der Waals surface area contributed by atoms with E-state index in [4.69, 9.17) is 9.15 Å². The van der Waals surface area contributed by atoms with E-state index in [9.17, 15) is 4.79 Å². The van der Waals surface area contributed by atoms with E-state index >= 15 is 0 Å². The number of likely N-dealkylation sites (N-methyl/N-ethyl adjacent to an activating group) is 1. The average molecular weight is 300 g/mol. The molecule has 0 bridgehead atoms. The van der Waals surface area contributed by atoms with Crippen LogP contribution in [0.1, 0.15) is 39.8 Å². The van der Waals surface area contributed by atoms with Crippen molar-refractivity contribution in [2.45, 2.75) is 57.1 Å². The number of carbonyl (C=O) groups is 1. The summed E-state index contributed by atoms with van der Waals surface area (Å²) in [6.07, 6.45) is 2.27. The first kappa shape index (κ1) is 17.0. The monoisotopic (exact) mass is 300 g/mol. The summed E-state index contributed by atoms with van der Waals surface area (Å²) in [5.74, 6) is -0.210. The van der Waals surface area contributed by atoms with E-state index in [2.05, 4.69) is 17.2 Å². The maximum atomic E-state index is 12.1. The first-order valence-electron chi connectivity index (χ1n) is 6.92. The quantitative estimate of drug-likeness (QED) is 0.588. The van der Waals surface area contributed by atoms with Crippen LogP contribution >= 0.6 is 11.8 Å². The Hall–Kier alpha value is -1.01. The SMILES string of the molecule is CCNC(C)(CC(C)Sc1nc(C)co1)C(=O)OCC. The van der Waals surface area contributed by atoms with Crippen molar-refractivity contribution < 1.29 is 13.9 Å². The van der Waals surface area contributed by atoms with Gasteiger partial charge in [0.1, 0.15) is 11.8 Å². The Morgan fingerprint density at radius 2 is 2.30 bits per heavy atom. The van der Waals surface area contributed by atoms with Gasteiger partial charge in [0.25, 0.3) is 5.22 Å². The molecule has 0 saturated heterocycles. The number of aryl methyl sites for hydroxylation is 1. The zero-order chi connectivity index (χ0) is 15.2. The first-order valence-corrected chi connectivity index (χ1v) is 7.80. The summed E-state index contributed by atoms with van der Waals surface area (Å²) in [6.45, 7) is 10.7. The predicted molar refractivity (Wildman–Crippen MR) is 79.9 cm³/mol. The van der Waals surface area contributed by atoms with Gasteiger partial charge in [-0.3, -0.25) is 4.79 Å². The highest BCUT2D eigenvalue weighted by Gasteiger charge is 2.35. The Morgan fingerprint density at radius 1 is 1.60 bits per heavy atom. The average Bonchev–Trinajstić information content (AvgIpc) is 2.74. The van der Waals surface area contributed by atoms with E-state index in [0.29, 0.717) is 24.8 Å². The zero-order valence-corrected chi connectivity index (χ0v) is 13.7. The van der Waals surface area contributed by atoms with Crippen molar-refractivity contribution in [1.82, 2.24) is 10.3 Å². The first-order chi connectivity index (χ1) is 9.41. The summed E-state index contributed by atoms with van der Waals surface area (Å²) in [4.78, 5) is 16.4. The van der Waals surface area contributed by atoms with E-state index < -0.39 is 5.54 Å². The number of ether oxygens (including phenoxy) is 1. The molecule has 0 radical (unpaired) electrons. The largest absolute Gasteiger partial charge is 0.465 e. The highest BCUT2D eigenvalue weighted by atomic mass is 32.2. The van der Waals surface area contributed by atoms with Crippen LogP contribution in [0.25, 0.3) is 0 Å². The fraction of sp³-hybridized carbons (Fsp3) is 0.714. The third-order valence-electron chi connectivity index (χ3n) is 2.89. The molecule has 2 unspecified atom stereocenters. The van der Waals surface area contributed by atoms with E-state index in [-0.39, 0.29) is 11.2 Å². The molecule has 20 heavy (non-hydrogen) atoms. The molecule has 1 rings (SSSR count). The van der Waals surface area contributed by atoms with Gasteiger partial charge in [-0.25, -0.2) is 4.98 Å². The lowest BCUT2D eigenvalue weighted by Crippen LogP contribution is -2.51. The Morgan fingerprint density at radius 3 is 2.80 bits per heavy atom. The molecule has 0 spiro atoms. The number of aromatic nitrogens is 1. The van der Waals surface area contributed by atoms with Crippen LogP contribution in [0.2, 0.25) is 0 Å². The van der Waals surface area contributed by atoms with E-state index in [1.165, 1.54) is 11.8 Å². The van der Waals surface area contributed by atoms with Crippen molar-refractivity contribution in [3.05, 3.63) is 12.0 Å². The number of esters is 1. The third-order valence-corrected chi connectivity index (χ3v) is 3.85. The summed E-state index contributed by atoms with van der Waals surface area (Å²) in [5.41, 5.74) is 0.179. The zero-order valence-electron chi connectivity index (χ0n) is 12.9. The molecular weight excluding hydrogens is 276 g/mol. The summed E-state index contributed by atoms with van der Waals surface area (Å²) < 4.78 is 10.5. The molecule has 1 aromatic heterocycles. The Bertz CT molecular complexity index is 436. The van der Waals surface area contributed by atoms with Crippen molar-refractivity contribution in [1.29, 1.82) is 0 Å². The van der Waals surface area contributed by atoms with Crippen molar-refractivity contribution in [2.75, 3.05) is 13.2 Å². The number of carbonyl (C=O) groups excluding carboxylic acids is 1. The number of oxazole rings is 1. The van der Waals surface area contributed by atoms with Crippen LogP contribution in [0.4, 0.5) is 0 Å². The van der Waals surface area contributed by atoms with Crippen LogP contribution in [0.3, 0.4) is 0 Å². The highest BCUT2D eigenvalue weighted by Crippen LogP contribution is 2.28. The number of nitrogens with zero attached hydrogens (tertiary/aromatic N) is 1. The van der Waals surface area contributed by atoms with E-state index in [0.717, 1.165) is 5.69 Å². The molecule has 0 aromatic carbocycles. The maximum Gasteiger partial charge on any atom is 0.326 e. The number of hydrogen-bond donors (Lipinski definition) is 1. The second-order valence-corrected chi connectivity index (χ2v) is 6.36. The van der Waals surface area contributed by atoms with Crippen molar-refractivity contribution in [3.8, 4) is 0 Å². The lowest BCUT2D eigenvalue weighted by atomic mass is 9.96. The molecule has 114 valence electrons. The summed E-state index contributed by atoms with van der Waals surface area (Å²) in [6, 6.07) is 0. The van der Waals surface area contributed by atoms with Gasteiger partial charge in [0.15, 0.2) is 0 Å². The lowest BCUT2D eigenvalue weighted by molar-refractivity contribution is -0.150. The van der Waals surface area contributed by atoms with Crippen LogP contribution < -0.4 is 5.32 Å². The van der Waals surface area contributed by atoms with Gasteiger partial charge in [-0.05, 0) is 33.7 Å². The van der Waals surface area contributed by atoms with Gasteiger partial charge < -0.3 is 14.5 Å². The molecule has 0 aliphatic heterocycles. The van der Waals surface area contributed by atoms with Crippen molar-refractivity contribution in [2.24, 2.45) is 0 Å². The van der Waals surface area contributed by atoms with Crippen LogP contribution in [0.15, 0.2) is 15.9 Å². The van der Waals surface area contributed by atoms with E-state index in [1.807, 2.05) is 27.7 Å². The molecule has 0 saturated carbocycles. The number of hydrogen-bond acceptors (Lipinski definition) is 6. The summed E-state index contributed by atoms with van der Waals surface area (Å²) >= 11 is 1.53. The lowest BCUT2D eigenvalue weighted by Gasteiger charge is -2.30. The van der Waals surface area contributed by atoms with Gasteiger partial charge in [-0.15, -0.1) is 0 Å². The van der Waals surface area contributed by atoms with Crippen molar-refractivity contribution in [3.63, 3.8) is 0 Å². The second kappa shape index (κ2) is 7.69. The van der Waals surface area contributed by atoms with Gasteiger partial charge >= 0.3 is 5.97 Å². The fourth-order valence-electron chi connectivity index (χ4n) is 2.08. The van der Waals surface area contributed by atoms with Gasteiger partial charge in [-0.2, -0.15) is 0 Å². The Labute approximate surface area is 124 Å². The predicted octanol–water partition coefficient (Wildman–Crippen LogP) is 2.79. The van der Waals surface area contributed by atoms with Gasteiger partial charge in [0, 0.05) is 5.25 Å². The standard InChI is InChI=1S/C14H24N2O3S/c1-6-15-14(5,12(17)18-7-2)8-11(4)20-13-16-10(3)9-19-13/h9,11,15H,6-8H2,1-5H3. The van der Waals surface area contributed by atoms with Gasteiger partial charge in [-0.1, -0.05) is 25.6 Å². The number of thioether (sulfide) groups is 1. The highest BCUT2D eigenvalue weighted by molar-refractivity contribution is 7.99. The van der Waals surface area contributed by atoms with Gasteiger partial charge in [0.05, 0.1) is 12.3 Å². The third kappa shape index (κ3) is 4.83. The van der Waals surface area contributed by atoms with Crippen molar-refractivity contribution >= 4 is 17.7 Å². The number of nitrogens with one attached hydrogen (secondary N) is 1. The van der Waals surface area contributed by atoms with E-state index in [1.54, 1.807) is 6.26 Å². The van der Waals surface area contributed by atoms with Crippen LogP contribution in [-0.2, 0) is 9.53 Å². The summed E-state index contributed by atoms with van der Waals surface area (Å²) in [5, 5.41) is 4.05. The number of rotatable bonds is 8. The van der Waals surface area contributed by atoms with Crippen LogP contribution in [-0.4, -0.2) is 34.9 Å². The summed E-state index contributed by atoms with van der Waals surface area (Å²) in [7, 11) is 0.